The molecule has 0 spiro atoms. The minimum atomic E-state index is -0.931. The van der Waals surface area contributed by atoms with Crippen molar-refractivity contribution in [2.75, 3.05) is 6.54 Å². The molecule has 2 aliphatic rings. The maximum atomic E-state index is 11.7. The van der Waals surface area contributed by atoms with Gasteiger partial charge in [0, 0.05) is 18.5 Å². The second-order valence-electron chi connectivity index (χ2n) is 5.36. The Morgan fingerprint density at radius 3 is 2.61 bits per heavy atom. The summed E-state index contributed by atoms with van der Waals surface area (Å²) in [5, 5.41) is 11.5. The molecule has 0 bridgehead atoms. The van der Waals surface area contributed by atoms with Gasteiger partial charge in [0.05, 0.1) is 6.10 Å². The van der Waals surface area contributed by atoms with Crippen molar-refractivity contribution in [1.82, 2.24) is 5.32 Å². The van der Waals surface area contributed by atoms with E-state index in [1.165, 1.54) is 0 Å². The molecule has 0 aromatic rings. The summed E-state index contributed by atoms with van der Waals surface area (Å²) in [5.74, 6) is -1.00. The fourth-order valence-electron chi connectivity index (χ4n) is 2.46. The Morgan fingerprint density at radius 1 is 1.39 bits per heavy atom. The molecule has 2 rings (SSSR count). The van der Waals surface area contributed by atoms with Crippen molar-refractivity contribution in [3.8, 4) is 0 Å². The Kier molecular flexibility index (Phi) is 3.87. The summed E-state index contributed by atoms with van der Waals surface area (Å²) in [6, 6.07) is 0. The van der Waals surface area contributed by atoms with Crippen molar-refractivity contribution >= 4 is 11.9 Å². The minimum Gasteiger partial charge on any atom is -0.479 e. The molecule has 1 saturated carbocycles. The molecule has 1 aliphatic carbocycles. The van der Waals surface area contributed by atoms with E-state index >= 15 is 0 Å². The second kappa shape index (κ2) is 5.24. The third-order valence-electron chi connectivity index (χ3n) is 3.77. The standard InChI is InChI=1S/C12H20N2O4/c13-12(4-1-5-12)6-10(15)14-7-8-2-3-9(18-8)11(16)17/h8-9H,1-7,13H2,(H,14,15)(H,16,17). The summed E-state index contributed by atoms with van der Waals surface area (Å²) in [4.78, 5) is 22.4. The Labute approximate surface area is 106 Å². The molecular formula is C12H20N2O4. The Balaban J connectivity index is 1.66. The smallest absolute Gasteiger partial charge is 0.332 e. The van der Waals surface area contributed by atoms with Crippen LogP contribution in [0.4, 0.5) is 0 Å². The van der Waals surface area contributed by atoms with Gasteiger partial charge in [-0.2, -0.15) is 0 Å². The van der Waals surface area contributed by atoms with Gasteiger partial charge in [-0.1, -0.05) is 0 Å². The molecule has 6 nitrogen and oxygen atoms in total. The quantitative estimate of drug-likeness (QED) is 0.643. The van der Waals surface area contributed by atoms with Gasteiger partial charge in [0.15, 0.2) is 6.10 Å². The molecule has 4 N–H and O–H groups in total. The summed E-state index contributed by atoms with van der Waals surface area (Å²) < 4.78 is 5.30. The van der Waals surface area contributed by atoms with E-state index in [9.17, 15) is 9.59 Å². The van der Waals surface area contributed by atoms with Gasteiger partial charge in [-0.3, -0.25) is 4.79 Å². The molecule has 2 unspecified atom stereocenters. The summed E-state index contributed by atoms with van der Waals surface area (Å²) in [5.41, 5.74) is 5.66. The zero-order chi connectivity index (χ0) is 13.2. The van der Waals surface area contributed by atoms with Gasteiger partial charge in [-0.15, -0.1) is 0 Å². The number of ether oxygens (including phenoxy) is 1. The molecule has 1 amide bonds. The van der Waals surface area contributed by atoms with Crippen LogP contribution >= 0.6 is 0 Å². The van der Waals surface area contributed by atoms with E-state index in [-0.39, 0.29) is 17.6 Å². The van der Waals surface area contributed by atoms with Crippen LogP contribution in [0.2, 0.25) is 0 Å². The summed E-state index contributed by atoms with van der Waals surface area (Å²) in [6.45, 7) is 0.374. The van der Waals surface area contributed by atoms with E-state index in [4.69, 9.17) is 15.6 Å². The lowest BCUT2D eigenvalue weighted by atomic mass is 9.75. The second-order valence-corrected chi connectivity index (χ2v) is 5.36. The van der Waals surface area contributed by atoms with Crippen molar-refractivity contribution < 1.29 is 19.4 Å². The van der Waals surface area contributed by atoms with Gasteiger partial charge < -0.3 is 20.9 Å². The third-order valence-corrected chi connectivity index (χ3v) is 3.77. The van der Waals surface area contributed by atoms with E-state index in [2.05, 4.69) is 5.32 Å². The molecule has 6 heteroatoms. The van der Waals surface area contributed by atoms with Crippen LogP contribution in [-0.4, -0.2) is 41.3 Å². The highest BCUT2D eigenvalue weighted by Crippen LogP contribution is 2.31. The van der Waals surface area contributed by atoms with Crippen LogP contribution in [0, 0.1) is 0 Å². The molecule has 0 radical (unpaired) electrons. The molecule has 18 heavy (non-hydrogen) atoms. The largest absolute Gasteiger partial charge is 0.479 e. The predicted molar refractivity (Wildman–Crippen MR) is 63.9 cm³/mol. The van der Waals surface area contributed by atoms with Crippen LogP contribution in [0.1, 0.15) is 38.5 Å². The fourth-order valence-corrected chi connectivity index (χ4v) is 2.46. The molecular weight excluding hydrogens is 236 g/mol. The van der Waals surface area contributed by atoms with Gasteiger partial charge >= 0.3 is 5.97 Å². The highest BCUT2D eigenvalue weighted by atomic mass is 16.5. The highest BCUT2D eigenvalue weighted by Gasteiger charge is 2.35. The number of carbonyl (C=O) groups is 2. The number of nitrogens with one attached hydrogen (secondary N) is 1. The minimum absolute atomic E-state index is 0.0698. The predicted octanol–water partition coefficient (Wildman–Crippen LogP) is 0.00630. The molecule has 2 fully saturated rings. The van der Waals surface area contributed by atoms with Crippen molar-refractivity contribution in [2.24, 2.45) is 5.73 Å². The van der Waals surface area contributed by atoms with Gasteiger partial charge in [0.1, 0.15) is 0 Å². The SMILES string of the molecule is NC1(CC(=O)NCC2CCC(C(=O)O)O2)CCC1. The summed E-state index contributed by atoms with van der Waals surface area (Å²) in [7, 11) is 0. The molecule has 1 aliphatic heterocycles. The third kappa shape index (κ3) is 3.20. The Bertz CT molecular complexity index is 341. The first kappa shape index (κ1) is 13.3. The number of hydrogen-bond acceptors (Lipinski definition) is 4. The van der Waals surface area contributed by atoms with Crippen LogP contribution in [0.25, 0.3) is 0 Å². The molecule has 2 atom stereocenters. The lowest BCUT2D eigenvalue weighted by molar-refractivity contribution is -0.149. The van der Waals surface area contributed by atoms with E-state index in [0.717, 1.165) is 19.3 Å². The van der Waals surface area contributed by atoms with Crippen LogP contribution in [0.15, 0.2) is 0 Å². The van der Waals surface area contributed by atoms with E-state index in [1.807, 2.05) is 0 Å². The van der Waals surface area contributed by atoms with Crippen LogP contribution in [-0.2, 0) is 14.3 Å². The number of nitrogens with two attached hydrogens (primary N) is 1. The zero-order valence-corrected chi connectivity index (χ0v) is 10.4. The first-order chi connectivity index (χ1) is 8.48. The summed E-state index contributed by atoms with van der Waals surface area (Å²) in [6.07, 6.45) is 3.52. The van der Waals surface area contributed by atoms with Gasteiger partial charge in [-0.05, 0) is 32.1 Å². The topological polar surface area (TPSA) is 102 Å². The Morgan fingerprint density at radius 2 is 2.11 bits per heavy atom. The number of carboxylic acids is 1. The maximum absolute atomic E-state index is 11.7. The highest BCUT2D eigenvalue weighted by molar-refractivity contribution is 5.77. The zero-order valence-electron chi connectivity index (χ0n) is 10.4. The van der Waals surface area contributed by atoms with Gasteiger partial charge in [-0.25, -0.2) is 4.79 Å². The van der Waals surface area contributed by atoms with Crippen molar-refractivity contribution in [2.45, 2.75) is 56.3 Å². The van der Waals surface area contributed by atoms with Gasteiger partial charge in [0.25, 0.3) is 0 Å². The Hall–Kier alpha value is -1.14. The van der Waals surface area contributed by atoms with E-state index in [1.54, 1.807) is 0 Å². The van der Waals surface area contributed by atoms with Gasteiger partial charge in [0.2, 0.25) is 5.91 Å². The molecule has 0 aromatic carbocycles. The molecule has 0 aromatic heterocycles. The molecule has 1 saturated heterocycles. The monoisotopic (exact) mass is 256 g/mol. The van der Waals surface area contributed by atoms with E-state index in [0.29, 0.717) is 25.8 Å². The normalized spacial score (nSPS) is 29.6. The number of aliphatic carboxylic acids is 1. The van der Waals surface area contributed by atoms with Crippen molar-refractivity contribution in [3.63, 3.8) is 0 Å². The number of carboxylic acid groups (broad SMARTS) is 1. The molecule has 102 valence electrons. The maximum Gasteiger partial charge on any atom is 0.332 e. The molecule has 1 heterocycles. The van der Waals surface area contributed by atoms with Crippen LogP contribution in [0.5, 0.6) is 0 Å². The van der Waals surface area contributed by atoms with E-state index < -0.39 is 12.1 Å². The number of rotatable bonds is 5. The number of amides is 1. The van der Waals surface area contributed by atoms with Crippen LogP contribution in [0.3, 0.4) is 0 Å². The average Bonchev–Trinajstić information content (AvgIpc) is 2.73. The first-order valence-corrected chi connectivity index (χ1v) is 6.42. The lowest BCUT2D eigenvalue weighted by Gasteiger charge is -2.37. The van der Waals surface area contributed by atoms with Crippen molar-refractivity contribution in [3.05, 3.63) is 0 Å². The van der Waals surface area contributed by atoms with Crippen LogP contribution < -0.4 is 11.1 Å². The first-order valence-electron chi connectivity index (χ1n) is 6.42. The average molecular weight is 256 g/mol. The fraction of sp³-hybridized carbons (Fsp3) is 0.833. The lowest BCUT2D eigenvalue weighted by Crippen LogP contribution is -2.50. The number of carbonyl (C=O) groups excluding carboxylic acids is 1. The summed E-state index contributed by atoms with van der Waals surface area (Å²) >= 11 is 0. The number of hydrogen-bond donors (Lipinski definition) is 3. The van der Waals surface area contributed by atoms with Crippen molar-refractivity contribution in [1.29, 1.82) is 0 Å².